The van der Waals surface area contributed by atoms with Crippen LogP contribution in [0.15, 0.2) is 60.7 Å². The number of hydrogen-bond donors (Lipinski definition) is 2. The number of benzene rings is 3. The number of rotatable bonds is 3. The lowest BCUT2D eigenvalue weighted by Crippen LogP contribution is -2.21. The number of carbonyl (C=O) groups is 1. The molecule has 0 aromatic heterocycles. The predicted molar refractivity (Wildman–Crippen MR) is 102 cm³/mol. The monoisotopic (exact) mass is 318 g/mol. The van der Waals surface area contributed by atoms with Gasteiger partial charge in [-0.2, -0.15) is 0 Å². The van der Waals surface area contributed by atoms with E-state index < -0.39 is 0 Å². The van der Waals surface area contributed by atoms with E-state index in [-0.39, 0.29) is 6.03 Å². The van der Waals surface area contributed by atoms with Crippen LogP contribution in [0.5, 0.6) is 0 Å². The molecule has 0 aliphatic heterocycles. The molecule has 3 rings (SSSR count). The van der Waals surface area contributed by atoms with Crippen LogP contribution in [0.2, 0.25) is 0 Å². The molecule has 3 heteroatoms. The van der Waals surface area contributed by atoms with Crippen LogP contribution >= 0.6 is 0 Å². The summed E-state index contributed by atoms with van der Waals surface area (Å²) in [5.74, 6) is 0.345. The van der Waals surface area contributed by atoms with Gasteiger partial charge in [0.05, 0.1) is 5.69 Å². The summed E-state index contributed by atoms with van der Waals surface area (Å²) in [6.07, 6.45) is 0. The largest absolute Gasteiger partial charge is 0.323 e. The number of urea groups is 1. The van der Waals surface area contributed by atoms with Crippen LogP contribution in [0, 0.1) is 6.92 Å². The van der Waals surface area contributed by atoms with Crippen LogP contribution in [0.3, 0.4) is 0 Å². The van der Waals surface area contributed by atoms with Crippen molar-refractivity contribution < 1.29 is 4.79 Å². The second-order valence-electron chi connectivity index (χ2n) is 6.30. The van der Waals surface area contributed by atoms with Crippen molar-refractivity contribution in [2.45, 2.75) is 26.7 Å². The number of carbonyl (C=O) groups excluding carboxylic acids is 1. The van der Waals surface area contributed by atoms with E-state index in [0.717, 1.165) is 33.3 Å². The highest BCUT2D eigenvalue weighted by atomic mass is 16.2. The average molecular weight is 318 g/mol. The zero-order valence-electron chi connectivity index (χ0n) is 14.3. The molecule has 0 spiro atoms. The summed E-state index contributed by atoms with van der Waals surface area (Å²) in [6, 6.07) is 19.8. The van der Waals surface area contributed by atoms with Gasteiger partial charge in [-0.3, -0.25) is 0 Å². The van der Waals surface area contributed by atoms with Crippen molar-refractivity contribution in [3.8, 4) is 0 Å². The lowest BCUT2D eigenvalue weighted by Gasteiger charge is -2.17. The molecular weight excluding hydrogens is 296 g/mol. The van der Waals surface area contributed by atoms with Crippen molar-refractivity contribution in [2.24, 2.45) is 0 Å². The highest BCUT2D eigenvalue weighted by Gasteiger charge is 2.12. The molecule has 0 unspecified atom stereocenters. The zero-order chi connectivity index (χ0) is 17.1. The molecule has 0 atom stereocenters. The molecule has 0 fully saturated rings. The second kappa shape index (κ2) is 6.75. The number of anilines is 2. The molecule has 3 aromatic carbocycles. The van der Waals surface area contributed by atoms with Crippen molar-refractivity contribution in [3.63, 3.8) is 0 Å². The van der Waals surface area contributed by atoms with Crippen LogP contribution in [0.1, 0.15) is 30.9 Å². The Kier molecular flexibility index (Phi) is 4.52. The zero-order valence-corrected chi connectivity index (χ0v) is 14.3. The van der Waals surface area contributed by atoms with Crippen LogP contribution in [-0.4, -0.2) is 6.03 Å². The van der Waals surface area contributed by atoms with Crippen molar-refractivity contribution in [1.29, 1.82) is 0 Å². The van der Waals surface area contributed by atoms with E-state index in [0.29, 0.717) is 5.92 Å². The molecule has 0 saturated carbocycles. The van der Waals surface area contributed by atoms with Gasteiger partial charge in [-0.1, -0.05) is 68.4 Å². The van der Waals surface area contributed by atoms with Gasteiger partial charge in [0.1, 0.15) is 0 Å². The lowest BCUT2D eigenvalue weighted by atomic mass is 9.98. The molecular formula is C21H22N2O. The third-order valence-electron chi connectivity index (χ3n) is 4.20. The molecule has 0 aliphatic rings. The summed E-state index contributed by atoms with van der Waals surface area (Å²) in [6.45, 7) is 6.27. The molecule has 0 bridgehead atoms. The summed E-state index contributed by atoms with van der Waals surface area (Å²) < 4.78 is 0. The second-order valence-corrected chi connectivity index (χ2v) is 6.30. The Labute approximate surface area is 142 Å². The molecule has 2 N–H and O–H groups in total. The minimum atomic E-state index is -0.220. The molecule has 0 radical (unpaired) electrons. The predicted octanol–water partition coefficient (Wildman–Crippen LogP) is 5.92. The molecule has 122 valence electrons. The number of para-hydroxylation sites is 1. The van der Waals surface area contributed by atoms with E-state index in [1.807, 2.05) is 61.5 Å². The number of aryl methyl sites for hydroxylation is 1. The first-order chi connectivity index (χ1) is 11.6. The smallest absolute Gasteiger partial charge is 0.307 e. The Bertz CT molecular complexity index is 879. The molecule has 0 aliphatic carbocycles. The maximum absolute atomic E-state index is 12.5. The van der Waals surface area contributed by atoms with E-state index in [4.69, 9.17) is 0 Å². The Morgan fingerprint density at radius 2 is 1.58 bits per heavy atom. The summed E-state index contributed by atoms with van der Waals surface area (Å²) >= 11 is 0. The van der Waals surface area contributed by atoms with Gasteiger partial charge in [-0.15, -0.1) is 0 Å². The summed E-state index contributed by atoms with van der Waals surface area (Å²) in [5, 5.41) is 8.14. The van der Waals surface area contributed by atoms with E-state index >= 15 is 0 Å². The maximum Gasteiger partial charge on any atom is 0.323 e. The SMILES string of the molecule is Cc1cccc(C(C)C)c1NC(=O)Nc1cccc2ccccc12. The van der Waals surface area contributed by atoms with Gasteiger partial charge >= 0.3 is 6.03 Å². The van der Waals surface area contributed by atoms with Gasteiger partial charge in [-0.25, -0.2) is 4.79 Å². The summed E-state index contributed by atoms with van der Waals surface area (Å²) in [4.78, 5) is 12.5. The van der Waals surface area contributed by atoms with E-state index in [9.17, 15) is 4.79 Å². The number of hydrogen-bond acceptors (Lipinski definition) is 1. The van der Waals surface area contributed by atoms with Gasteiger partial charge in [0.2, 0.25) is 0 Å². The van der Waals surface area contributed by atoms with Gasteiger partial charge in [0.25, 0.3) is 0 Å². The standard InChI is InChI=1S/C21H22N2O/c1-14(2)17-12-6-8-15(3)20(17)23-21(24)22-19-13-7-10-16-9-4-5-11-18(16)19/h4-14H,1-3H3,(H2,22,23,24). The third kappa shape index (κ3) is 3.25. The van der Waals surface area contributed by atoms with Gasteiger partial charge in [-0.05, 0) is 35.4 Å². The van der Waals surface area contributed by atoms with Crippen molar-refractivity contribution in [2.75, 3.05) is 10.6 Å². The molecule has 0 heterocycles. The van der Waals surface area contributed by atoms with E-state index in [1.54, 1.807) is 0 Å². The first-order valence-corrected chi connectivity index (χ1v) is 8.21. The average Bonchev–Trinajstić information content (AvgIpc) is 2.57. The Morgan fingerprint density at radius 3 is 2.38 bits per heavy atom. The summed E-state index contributed by atoms with van der Waals surface area (Å²) in [5.41, 5.74) is 3.91. The van der Waals surface area contributed by atoms with Crippen molar-refractivity contribution in [3.05, 3.63) is 71.8 Å². The first-order valence-electron chi connectivity index (χ1n) is 8.21. The topological polar surface area (TPSA) is 41.1 Å². The van der Waals surface area contributed by atoms with Crippen molar-refractivity contribution in [1.82, 2.24) is 0 Å². The maximum atomic E-state index is 12.5. The molecule has 24 heavy (non-hydrogen) atoms. The number of fused-ring (bicyclic) bond motifs is 1. The minimum Gasteiger partial charge on any atom is -0.307 e. The van der Waals surface area contributed by atoms with Gasteiger partial charge in [0.15, 0.2) is 0 Å². The Hall–Kier alpha value is -2.81. The highest BCUT2D eigenvalue weighted by molar-refractivity contribution is 6.06. The third-order valence-corrected chi connectivity index (χ3v) is 4.20. The molecule has 3 aromatic rings. The number of nitrogens with one attached hydrogen (secondary N) is 2. The number of amides is 2. The fourth-order valence-electron chi connectivity index (χ4n) is 2.94. The lowest BCUT2D eigenvalue weighted by molar-refractivity contribution is 0.262. The van der Waals surface area contributed by atoms with E-state index in [2.05, 4.69) is 30.5 Å². The highest BCUT2D eigenvalue weighted by Crippen LogP contribution is 2.28. The van der Waals surface area contributed by atoms with Gasteiger partial charge < -0.3 is 10.6 Å². The fourth-order valence-corrected chi connectivity index (χ4v) is 2.94. The van der Waals surface area contributed by atoms with Crippen LogP contribution in [0.4, 0.5) is 16.2 Å². The van der Waals surface area contributed by atoms with Crippen LogP contribution in [0.25, 0.3) is 10.8 Å². The normalized spacial score (nSPS) is 10.8. The van der Waals surface area contributed by atoms with Crippen LogP contribution in [-0.2, 0) is 0 Å². The molecule has 2 amide bonds. The summed E-state index contributed by atoms with van der Waals surface area (Å²) in [7, 11) is 0. The molecule has 3 nitrogen and oxygen atoms in total. The van der Waals surface area contributed by atoms with E-state index in [1.165, 1.54) is 0 Å². The van der Waals surface area contributed by atoms with Crippen molar-refractivity contribution >= 4 is 28.2 Å². The van der Waals surface area contributed by atoms with Gasteiger partial charge in [0, 0.05) is 11.1 Å². The fraction of sp³-hybridized carbons (Fsp3) is 0.190. The minimum absolute atomic E-state index is 0.220. The Morgan fingerprint density at radius 1 is 0.875 bits per heavy atom. The Balaban J connectivity index is 1.86. The van der Waals surface area contributed by atoms with Crippen LogP contribution < -0.4 is 10.6 Å². The first kappa shape index (κ1) is 16.1. The quantitative estimate of drug-likeness (QED) is 0.618. The molecule has 0 saturated heterocycles.